The lowest BCUT2D eigenvalue weighted by molar-refractivity contribution is 0.0967. The predicted octanol–water partition coefficient (Wildman–Crippen LogP) is 3.36. The van der Waals surface area contributed by atoms with Crippen LogP contribution in [-0.4, -0.2) is 17.5 Å². The number of carbonyl (C=O) groups is 1. The minimum absolute atomic E-state index is 0.0367. The summed E-state index contributed by atoms with van der Waals surface area (Å²) in [7, 11) is 1.65. The van der Waals surface area contributed by atoms with Crippen molar-refractivity contribution in [1.29, 1.82) is 0 Å². The quantitative estimate of drug-likeness (QED) is 0.761. The molecule has 0 spiro atoms. The molecule has 3 nitrogen and oxygen atoms in total. The molecule has 0 bridgehead atoms. The molecule has 0 radical (unpaired) electrons. The SMILES string of the molecule is CNC(=O)c1ccc(-n2c(C)cc3ccccc32)s1. The molecule has 0 fully saturated rings. The molecule has 1 N–H and O–H groups in total. The van der Waals surface area contributed by atoms with Crippen molar-refractivity contribution in [3.8, 4) is 5.00 Å². The summed E-state index contributed by atoms with van der Waals surface area (Å²) in [6.45, 7) is 2.08. The largest absolute Gasteiger partial charge is 0.354 e. The van der Waals surface area contributed by atoms with E-state index in [0.717, 1.165) is 9.88 Å². The maximum Gasteiger partial charge on any atom is 0.261 e. The summed E-state index contributed by atoms with van der Waals surface area (Å²) in [5.41, 5.74) is 2.34. The number of hydrogen-bond donors (Lipinski definition) is 1. The van der Waals surface area contributed by atoms with E-state index < -0.39 is 0 Å². The second-order valence-electron chi connectivity index (χ2n) is 4.40. The highest BCUT2D eigenvalue weighted by atomic mass is 32.1. The second kappa shape index (κ2) is 4.55. The van der Waals surface area contributed by atoms with E-state index in [-0.39, 0.29) is 5.91 Å². The van der Waals surface area contributed by atoms with Crippen LogP contribution in [-0.2, 0) is 0 Å². The number of nitrogens with zero attached hydrogens (tertiary/aromatic N) is 1. The van der Waals surface area contributed by atoms with Gasteiger partial charge >= 0.3 is 0 Å². The van der Waals surface area contributed by atoms with Gasteiger partial charge in [0.1, 0.15) is 5.00 Å². The summed E-state index contributed by atoms with van der Waals surface area (Å²) in [5.74, 6) is -0.0367. The van der Waals surface area contributed by atoms with E-state index in [2.05, 4.69) is 35.0 Å². The van der Waals surface area contributed by atoms with Crippen LogP contribution in [0.3, 0.4) is 0 Å². The number of nitrogens with one attached hydrogen (secondary N) is 1. The molecule has 1 amide bonds. The third kappa shape index (κ3) is 1.94. The summed E-state index contributed by atoms with van der Waals surface area (Å²) in [6, 6.07) is 14.3. The Morgan fingerprint density at radius 2 is 2.00 bits per heavy atom. The van der Waals surface area contributed by atoms with Gasteiger partial charge in [-0.3, -0.25) is 4.79 Å². The number of hydrogen-bond acceptors (Lipinski definition) is 2. The molecule has 2 aromatic heterocycles. The lowest BCUT2D eigenvalue weighted by atomic mass is 10.2. The van der Waals surface area contributed by atoms with Crippen molar-refractivity contribution in [3.05, 3.63) is 53.0 Å². The van der Waals surface area contributed by atoms with Crippen LogP contribution in [0.5, 0.6) is 0 Å². The monoisotopic (exact) mass is 270 g/mol. The number of rotatable bonds is 2. The van der Waals surface area contributed by atoms with Gasteiger partial charge in [0.25, 0.3) is 5.91 Å². The van der Waals surface area contributed by atoms with Crippen molar-refractivity contribution in [2.75, 3.05) is 7.05 Å². The summed E-state index contributed by atoms with van der Waals surface area (Å²) >= 11 is 1.50. The Balaban J connectivity index is 2.16. The third-order valence-corrected chi connectivity index (χ3v) is 4.23. The van der Waals surface area contributed by atoms with Crippen LogP contribution in [0.15, 0.2) is 42.5 Å². The molecule has 0 aliphatic rings. The number of carbonyl (C=O) groups excluding carboxylic acids is 1. The van der Waals surface area contributed by atoms with Gasteiger partial charge in [-0.1, -0.05) is 18.2 Å². The third-order valence-electron chi connectivity index (χ3n) is 3.16. The lowest BCUT2D eigenvalue weighted by Crippen LogP contribution is -2.15. The van der Waals surface area contributed by atoms with Crippen LogP contribution in [0.2, 0.25) is 0 Å². The van der Waals surface area contributed by atoms with Crippen LogP contribution in [0, 0.1) is 6.92 Å². The van der Waals surface area contributed by atoms with Crippen molar-refractivity contribution in [1.82, 2.24) is 9.88 Å². The van der Waals surface area contributed by atoms with Gasteiger partial charge in [0.15, 0.2) is 0 Å². The molecule has 19 heavy (non-hydrogen) atoms. The second-order valence-corrected chi connectivity index (χ2v) is 5.46. The highest BCUT2D eigenvalue weighted by Gasteiger charge is 2.12. The summed E-state index contributed by atoms with van der Waals surface area (Å²) in [5, 5.41) is 4.94. The maximum absolute atomic E-state index is 11.6. The molecule has 2 heterocycles. The Labute approximate surface area is 115 Å². The number of aryl methyl sites for hydroxylation is 1. The average Bonchev–Trinajstić information content (AvgIpc) is 3.00. The van der Waals surface area contributed by atoms with E-state index in [9.17, 15) is 4.79 Å². The van der Waals surface area contributed by atoms with Gasteiger partial charge in [0, 0.05) is 18.1 Å². The fourth-order valence-corrected chi connectivity index (χ4v) is 3.30. The summed E-state index contributed by atoms with van der Waals surface area (Å²) in [6.07, 6.45) is 0. The van der Waals surface area contributed by atoms with Crippen molar-refractivity contribution in [2.24, 2.45) is 0 Å². The Morgan fingerprint density at radius 1 is 1.21 bits per heavy atom. The number of benzene rings is 1. The van der Waals surface area contributed by atoms with Gasteiger partial charge in [-0.15, -0.1) is 11.3 Å². The molecule has 0 atom stereocenters. The normalized spacial score (nSPS) is 10.8. The van der Waals surface area contributed by atoms with Crippen LogP contribution in [0.1, 0.15) is 15.4 Å². The summed E-state index contributed by atoms with van der Waals surface area (Å²) in [4.78, 5) is 12.4. The van der Waals surface area contributed by atoms with E-state index >= 15 is 0 Å². The minimum Gasteiger partial charge on any atom is -0.354 e. The zero-order valence-corrected chi connectivity index (χ0v) is 11.6. The van der Waals surface area contributed by atoms with E-state index in [0.29, 0.717) is 0 Å². The predicted molar refractivity (Wildman–Crippen MR) is 79.3 cm³/mol. The Hall–Kier alpha value is -2.07. The smallest absolute Gasteiger partial charge is 0.261 e. The van der Waals surface area contributed by atoms with Crippen molar-refractivity contribution >= 4 is 28.1 Å². The minimum atomic E-state index is -0.0367. The van der Waals surface area contributed by atoms with Gasteiger partial charge in [-0.25, -0.2) is 0 Å². The Kier molecular flexibility index (Phi) is 2.87. The molecule has 1 aromatic carbocycles. The maximum atomic E-state index is 11.6. The molecule has 3 aromatic rings. The first-order valence-electron chi connectivity index (χ1n) is 6.10. The van der Waals surface area contributed by atoms with E-state index in [4.69, 9.17) is 0 Å². The summed E-state index contributed by atoms with van der Waals surface area (Å²) < 4.78 is 2.19. The van der Waals surface area contributed by atoms with Crippen LogP contribution < -0.4 is 5.32 Å². The molecule has 0 saturated carbocycles. The molecule has 96 valence electrons. The molecular weight excluding hydrogens is 256 g/mol. The molecule has 3 rings (SSSR count). The van der Waals surface area contributed by atoms with Gasteiger partial charge in [0.2, 0.25) is 0 Å². The lowest BCUT2D eigenvalue weighted by Gasteiger charge is -2.04. The number of thiophene rings is 1. The zero-order valence-electron chi connectivity index (χ0n) is 10.8. The average molecular weight is 270 g/mol. The Morgan fingerprint density at radius 3 is 2.79 bits per heavy atom. The van der Waals surface area contributed by atoms with Crippen LogP contribution in [0.4, 0.5) is 0 Å². The van der Waals surface area contributed by atoms with E-state index in [1.807, 2.05) is 24.3 Å². The fourth-order valence-electron chi connectivity index (χ4n) is 2.28. The number of para-hydroxylation sites is 1. The van der Waals surface area contributed by atoms with E-state index in [1.165, 1.54) is 27.9 Å². The zero-order chi connectivity index (χ0) is 13.4. The number of amides is 1. The molecule has 0 aliphatic carbocycles. The van der Waals surface area contributed by atoms with E-state index in [1.54, 1.807) is 7.05 Å². The van der Waals surface area contributed by atoms with Crippen LogP contribution in [0.25, 0.3) is 15.9 Å². The Bertz CT molecular complexity index is 754. The topological polar surface area (TPSA) is 34.0 Å². The van der Waals surface area contributed by atoms with Gasteiger partial charge < -0.3 is 9.88 Å². The first-order chi connectivity index (χ1) is 9.20. The van der Waals surface area contributed by atoms with Crippen molar-refractivity contribution in [2.45, 2.75) is 6.92 Å². The fraction of sp³-hybridized carbons (Fsp3) is 0.133. The highest BCUT2D eigenvalue weighted by molar-refractivity contribution is 7.16. The highest BCUT2D eigenvalue weighted by Crippen LogP contribution is 2.28. The van der Waals surface area contributed by atoms with Gasteiger partial charge in [0.05, 0.1) is 10.4 Å². The number of fused-ring (bicyclic) bond motifs is 1. The molecular formula is C15H14N2OS. The van der Waals surface area contributed by atoms with Gasteiger partial charge in [-0.05, 0) is 31.2 Å². The molecule has 4 heteroatoms. The molecule has 0 aliphatic heterocycles. The van der Waals surface area contributed by atoms with Crippen LogP contribution >= 0.6 is 11.3 Å². The molecule has 0 unspecified atom stereocenters. The van der Waals surface area contributed by atoms with Crippen molar-refractivity contribution in [3.63, 3.8) is 0 Å². The first kappa shape index (κ1) is 12.0. The number of aromatic nitrogens is 1. The first-order valence-corrected chi connectivity index (χ1v) is 6.92. The standard InChI is InChI=1S/C15H14N2OS/c1-10-9-11-5-3-4-6-12(11)17(10)14-8-7-13(19-14)15(18)16-2/h3-9H,1-2H3,(H,16,18). The van der Waals surface area contributed by atoms with Crippen molar-refractivity contribution < 1.29 is 4.79 Å². The van der Waals surface area contributed by atoms with Gasteiger partial charge in [-0.2, -0.15) is 0 Å². The molecule has 0 saturated heterocycles.